The highest BCUT2D eigenvalue weighted by molar-refractivity contribution is 5.33. The van der Waals surface area contributed by atoms with E-state index < -0.39 is 0 Å². The molecule has 0 aliphatic heterocycles. The molecule has 2 aromatic rings. The fourth-order valence-electron chi connectivity index (χ4n) is 1.80. The van der Waals surface area contributed by atoms with Crippen LogP contribution in [0.25, 0.3) is 0 Å². The molecule has 1 aromatic carbocycles. The monoisotopic (exact) mass is 275 g/mol. The Hall–Kier alpha value is -1.94. The average molecular weight is 275 g/mol. The first-order valence-electron chi connectivity index (χ1n) is 6.74. The second kappa shape index (κ2) is 7.01. The third kappa shape index (κ3) is 4.03. The second-order valence-electron chi connectivity index (χ2n) is 4.87. The van der Waals surface area contributed by atoms with Crippen molar-refractivity contribution in [2.75, 3.05) is 7.11 Å². The van der Waals surface area contributed by atoms with Gasteiger partial charge in [-0.1, -0.05) is 19.9 Å². The molecule has 4 heteroatoms. The Morgan fingerprint density at radius 2 is 2.00 bits per heavy atom. The van der Waals surface area contributed by atoms with E-state index in [9.17, 15) is 0 Å². The van der Waals surface area contributed by atoms with E-state index in [1.54, 1.807) is 13.4 Å². The Morgan fingerprint density at radius 3 is 2.75 bits per heavy atom. The van der Waals surface area contributed by atoms with Gasteiger partial charge in [-0.2, -0.15) is 0 Å². The summed E-state index contributed by atoms with van der Waals surface area (Å²) in [6.07, 6.45) is 1.70. The number of hydrogen-bond donors (Lipinski definition) is 1. The van der Waals surface area contributed by atoms with Gasteiger partial charge < -0.3 is 19.2 Å². The van der Waals surface area contributed by atoms with Crippen molar-refractivity contribution in [2.24, 2.45) is 0 Å². The summed E-state index contributed by atoms with van der Waals surface area (Å²) in [5.41, 5.74) is 1.06. The van der Waals surface area contributed by atoms with Gasteiger partial charge in [0.1, 0.15) is 23.9 Å². The van der Waals surface area contributed by atoms with E-state index in [0.717, 1.165) is 22.8 Å². The van der Waals surface area contributed by atoms with Crippen LogP contribution in [0.2, 0.25) is 0 Å². The van der Waals surface area contributed by atoms with Crippen molar-refractivity contribution in [3.63, 3.8) is 0 Å². The van der Waals surface area contributed by atoms with E-state index in [2.05, 4.69) is 19.2 Å². The molecule has 0 bridgehead atoms. The van der Waals surface area contributed by atoms with Crippen LogP contribution in [0.4, 0.5) is 0 Å². The summed E-state index contributed by atoms with van der Waals surface area (Å²) >= 11 is 0. The lowest BCUT2D eigenvalue weighted by molar-refractivity contribution is 0.298. The molecule has 0 aliphatic rings. The van der Waals surface area contributed by atoms with E-state index in [-0.39, 0.29) is 0 Å². The maximum absolute atomic E-state index is 5.77. The molecule has 0 radical (unpaired) electrons. The van der Waals surface area contributed by atoms with Crippen LogP contribution in [0.15, 0.2) is 41.0 Å². The molecule has 1 aromatic heterocycles. The number of nitrogens with one attached hydrogen (secondary N) is 1. The quantitative estimate of drug-likeness (QED) is 0.841. The molecular weight excluding hydrogens is 254 g/mol. The minimum Gasteiger partial charge on any atom is -0.497 e. The average Bonchev–Trinajstić information content (AvgIpc) is 2.90. The maximum atomic E-state index is 5.77. The van der Waals surface area contributed by atoms with Crippen LogP contribution in [0.3, 0.4) is 0 Å². The van der Waals surface area contributed by atoms with Gasteiger partial charge in [0.15, 0.2) is 0 Å². The molecule has 0 saturated carbocycles. The van der Waals surface area contributed by atoms with E-state index in [4.69, 9.17) is 13.9 Å². The Labute approximate surface area is 119 Å². The van der Waals surface area contributed by atoms with Gasteiger partial charge in [0.2, 0.25) is 0 Å². The molecule has 20 heavy (non-hydrogen) atoms. The predicted octanol–water partition coefficient (Wildman–Crippen LogP) is 3.37. The van der Waals surface area contributed by atoms with E-state index in [1.165, 1.54) is 0 Å². The van der Waals surface area contributed by atoms with Crippen molar-refractivity contribution in [3.8, 4) is 11.5 Å². The van der Waals surface area contributed by atoms with Gasteiger partial charge in [-0.05, 0) is 18.2 Å². The number of furan rings is 1. The molecule has 0 aliphatic carbocycles. The molecule has 0 unspecified atom stereocenters. The van der Waals surface area contributed by atoms with E-state index in [1.807, 2.05) is 30.3 Å². The minimum absolute atomic E-state index is 0.423. The van der Waals surface area contributed by atoms with Gasteiger partial charge in [-0.25, -0.2) is 0 Å². The first-order valence-corrected chi connectivity index (χ1v) is 6.74. The van der Waals surface area contributed by atoms with Crippen molar-refractivity contribution in [1.29, 1.82) is 0 Å². The Balaban J connectivity index is 1.95. The van der Waals surface area contributed by atoms with Crippen molar-refractivity contribution in [3.05, 3.63) is 47.9 Å². The molecule has 2 rings (SSSR count). The highest BCUT2D eigenvalue weighted by Crippen LogP contribution is 2.21. The van der Waals surface area contributed by atoms with Gasteiger partial charge in [0.25, 0.3) is 0 Å². The Bertz CT molecular complexity index is 534. The van der Waals surface area contributed by atoms with Gasteiger partial charge in [0.05, 0.1) is 19.9 Å². The molecule has 1 N–H and O–H groups in total. The van der Waals surface area contributed by atoms with Crippen molar-refractivity contribution < 1.29 is 13.9 Å². The summed E-state index contributed by atoms with van der Waals surface area (Å²) in [6, 6.07) is 9.94. The Kier molecular flexibility index (Phi) is 5.07. The Morgan fingerprint density at radius 1 is 1.20 bits per heavy atom. The van der Waals surface area contributed by atoms with Crippen LogP contribution in [-0.2, 0) is 13.2 Å². The summed E-state index contributed by atoms with van der Waals surface area (Å²) < 4.78 is 16.4. The highest BCUT2D eigenvalue weighted by atomic mass is 16.5. The molecule has 0 spiro atoms. The van der Waals surface area contributed by atoms with Crippen LogP contribution < -0.4 is 14.8 Å². The fraction of sp³-hybridized carbons (Fsp3) is 0.375. The van der Waals surface area contributed by atoms with Crippen LogP contribution in [0, 0.1) is 0 Å². The summed E-state index contributed by atoms with van der Waals surface area (Å²) in [6.45, 7) is 5.41. The molecule has 0 atom stereocenters. The zero-order valence-electron chi connectivity index (χ0n) is 12.2. The summed E-state index contributed by atoms with van der Waals surface area (Å²) in [4.78, 5) is 0. The standard InChI is InChI=1S/C16H21NO3/c1-12(2)17-10-16-13(7-8-19-16)11-20-15-6-4-5-14(9-15)18-3/h4-9,12,17H,10-11H2,1-3H3. The third-order valence-electron chi connectivity index (χ3n) is 2.94. The first kappa shape index (κ1) is 14.5. The minimum atomic E-state index is 0.423. The van der Waals surface area contributed by atoms with E-state index >= 15 is 0 Å². The van der Waals surface area contributed by atoms with Gasteiger partial charge >= 0.3 is 0 Å². The molecule has 1 heterocycles. The lowest BCUT2D eigenvalue weighted by atomic mass is 10.2. The number of benzene rings is 1. The second-order valence-corrected chi connectivity index (χ2v) is 4.87. The van der Waals surface area contributed by atoms with Crippen LogP contribution in [0.1, 0.15) is 25.2 Å². The normalized spacial score (nSPS) is 10.8. The lowest BCUT2D eigenvalue weighted by Gasteiger charge is -2.09. The number of ether oxygens (including phenoxy) is 2. The number of rotatable bonds is 7. The first-order chi connectivity index (χ1) is 9.69. The largest absolute Gasteiger partial charge is 0.497 e. The molecule has 0 amide bonds. The molecule has 0 saturated heterocycles. The molecular formula is C16H21NO3. The van der Waals surface area contributed by atoms with Crippen LogP contribution in [0.5, 0.6) is 11.5 Å². The lowest BCUT2D eigenvalue weighted by Crippen LogP contribution is -2.22. The van der Waals surface area contributed by atoms with Crippen molar-refractivity contribution in [2.45, 2.75) is 33.0 Å². The number of hydrogen-bond acceptors (Lipinski definition) is 4. The summed E-state index contributed by atoms with van der Waals surface area (Å²) in [5, 5.41) is 3.34. The molecule has 4 nitrogen and oxygen atoms in total. The van der Waals surface area contributed by atoms with Crippen LogP contribution in [-0.4, -0.2) is 13.2 Å². The summed E-state index contributed by atoms with van der Waals surface area (Å²) in [7, 11) is 1.64. The number of methoxy groups -OCH3 is 1. The fourth-order valence-corrected chi connectivity index (χ4v) is 1.80. The third-order valence-corrected chi connectivity index (χ3v) is 2.94. The van der Waals surface area contributed by atoms with Gasteiger partial charge in [0, 0.05) is 17.7 Å². The molecule has 108 valence electrons. The van der Waals surface area contributed by atoms with Crippen molar-refractivity contribution in [1.82, 2.24) is 5.32 Å². The predicted molar refractivity (Wildman–Crippen MR) is 78.0 cm³/mol. The van der Waals surface area contributed by atoms with Gasteiger partial charge in [-0.3, -0.25) is 0 Å². The van der Waals surface area contributed by atoms with Crippen LogP contribution >= 0.6 is 0 Å². The SMILES string of the molecule is COc1cccc(OCc2ccoc2CNC(C)C)c1. The topological polar surface area (TPSA) is 43.6 Å². The van der Waals surface area contributed by atoms with E-state index in [0.29, 0.717) is 19.2 Å². The zero-order chi connectivity index (χ0) is 14.4. The van der Waals surface area contributed by atoms with Gasteiger partial charge in [-0.15, -0.1) is 0 Å². The summed E-state index contributed by atoms with van der Waals surface area (Å²) in [5.74, 6) is 2.49. The maximum Gasteiger partial charge on any atom is 0.124 e. The van der Waals surface area contributed by atoms with Crippen molar-refractivity contribution >= 4 is 0 Å². The zero-order valence-corrected chi connectivity index (χ0v) is 12.2. The molecule has 0 fully saturated rings. The smallest absolute Gasteiger partial charge is 0.124 e. The highest BCUT2D eigenvalue weighted by Gasteiger charge is 2.08.